The van der Waals surface area contributed by atoms with Gasteiger partial charge in [-0.25, -0.2) is 18.2 Å². The van der Waals surface area contributed by atoms with Crippen LogP contribution in [0.15, 0.2) is 63.8 Å². The number of nitrogens with zero attached hydrogens (tertiary/aromatic N) is 1. The molecule has 1 heterocycles. The predicted octanol–water partition coefficient (Wildman–Crippen LogP) is 2.80. The van der Waals surface area contributed by atoms with Gasteiger partial charge in [0, 0.05) is 11.9 Å². The summed E-state index contributed by atoms with van der Waals surface area (Å²) in [4.78, 5) is 15.3. The van der Waals surface area contributed by atoms with Crippen molar-refractivity contribution in [3.05, 3.63) is 64.5 Å². The van der Waals surface area contributed by atoms with Crippen molar-refractivity contribution in [3.8, 4) is 11.1 Å². The van der Waals surface area contributed by atoms with Crippen LogP contribution < -0.4 is 5.73 Å². The summed E-state index contributed by atoms with van der Waals surface area (Å²) >= 11 is 1.15. The van der Waals surface area contributed by atoms with Crippen LogP contribution in [0.2, 0.25) is 0 Å². The van der Waals surface area contributed by atoms with Crippen LogP contribution in [0.4, 0.5) is 0 Å². The van der Waals surface area contributed by atoms with E-state index in [1.54, 1.807) is 24.3 Å². The summed E-state index contributed by atoms with van der Waals surface area (Å²) in [6.45, 7) is 0.143. The van der Waals surface area contributed by atoms with Crippen molar-refractivity contribution in [1.29, 1.82) is 0 Å². The second kappa shape index (κ2) is 6.75. The van der Waals surface area contributed by atoms with Crippen molar-refractivity contribution in [3.63, 3.8) is 0 Å². The molecular weight excluding hydrogens is 360 g/mol. The van der Waals surface area contributed by atoms with E-state index < -0.39 is 15.8 Å². The molecule has 25 heavy (non-hydrogen) atoms. The van der Waals surface area contributed by atoms with Crippen LogP contribution in [0.3, 0.4) is 0 Å². The number of thiazole rings is 1. The number of aromatic carboxylic acids is 1. The van der Waals surface area contributed by atoms with E-state index in [0.717, 1.165) is 23.0 Å². The number of carbonyl (C=O) groups is 1. The van der Waals surface area contributed by atoms with Gasteiger partial charge in [0.2, 0.25) is 9.84 Å². The largest absolute Gasteiger partial charge is 0.478 e. The Balaban J connectivity index is 2.18. The molecule has 0 atom stereocenters. The molecule has 3 aromatic rings. The molecule has 0 unspecified atom stereocenters. The predicted molar refractivity (Wildman–Crippen MR) is 94.3 cm³/mol. The first-order chi connectivity index (χ1) is 11.9. The fourth-order valence-corrected chi connectivity index (χ4v) is 4.59. The molecule has 0 saturated carbocycles. The standard InChI is InChI=1S/C17H14N2O4S2/c18-9-15-19-16(10-24-15)25(22,23)14-7-12(6-13(8-14)17(20)21)11-4-2-1-3-5-11/h1-8,10H,9,18H2,(H,20,21). The number of hydrogen-bond acceptors (Lipinski definition) is 6. The minimum absolute atomic E-state index is 0.103. The molecule has 128 valence electrons. The first-order valence-electron chi connectivity index (χ1n) is 7.25. The minimum Gasteiger partial charge on any atom is -0.478 e. The Morgan fingerprint density at radius 2 is 1.84 bits per heavy atom. The molecule has 0 spiro atoms. The number of hydrogen-bond donors (Lipinski definition) is 2. The lowest BCUT2D eigenvalue weighted by molar-refractivity contribution is 0.0696. The van der Waals surface area contributed by atoms with Gasteiger partial charge in [0.25, 0.3) is 0 Å². The van der Waals surface area contributed by atoms with Crippen molar-refractivity contribution < 1.29 is 18.3 Å². The van der Waals surface area contributed by atoms with E-state index in [-0.39, 0.29) is 22.0 Å². The van der Waals surface area contributed by atoms with Crippen molar-refractivity contribution in [1.82, 2.24) is 4.98 Å². The van der Waals surface area contributed by atoms with Crippen LogP contribution >= 0.6 is 11.3 Å². The summed E-state index contributed by atoms with van der Waals surface area (Å²) < 4.78 is 25.7. The highest BCUT2D eigenvalue weighted by Gasteiger charge is 2.23. The van der Waals surface area contributed by atoms with E-state index >= 15 is 0 Å². The van der Waals surface area contributed by atoms with Gasteiger partial charge in [-0.2, -0.15) is 0 Å². The van der Waals surface area contributed by atoms with Crippen molar-refractivity contribution in [2.24, 2.45) is 5.73 Å². The number of rotatable bonds is 5. The van der Waals surface area contributed by atoms with E-state index in [9.17, 15) is 18.3 Å². The maximum Gasteiger partial charge on any atom is 0.335 e. The zero-order valence-electron chi connectivity index (χ0n) is 12.9. The van der Waals surface area contributed by atoms with E-state index in [2.05, 4.69) is 4.98 Å². The van der Waals surface area contributed by atoms with Crippen molar-refractivity contribution in [2.45, 2.75) is 16.5 Å². The monoisotopic (exact) mass is 374 g/mol. The third-order valence-corrected chi connectivity index (χ3v) is 6.19. The summed E-state index contributed by atoms with van der Waals surface area (Å²) in [7, 11) is -3.93. The van der Waals surface area contributed by atoms with Crippen LogP contribution in [0.25, 0.3) is 11.1 Å². The maximum absolute atomic E-state index is 12.8. The average Bonchev–Trinajstić information content (AvgIpc) is 3.12. The summed E-state index contributed by atoms with van der Waals surface area (Å²) in [5.74, 6) is -1.20. The number of nitrogens with two attached hydrogens (primary N) is 1. The summed E-state index contributed by atoms with van der Waals surface area (Å²) in [5.41, 5.74) is 6.61. The molecule has 6 nitrogen and oxygen atoms in total. The Morgan fingerprint density at radius 3 is 2.44 bits per heavy atom. The highest BCUT2D eigenvalue weighted by molar-refractivity contribution is 7.91. The normalized spacial score (nSPS) is 11.4. The van der Waals surface area contributed by atoms with Gasteiger partial charge in [-0.1, -0.05) is 30.3 Å². The topological polar surface area (TPSA) is 110 Å². The Bertz CT molecular complexity index is 1030. The van der Waals surface area contributed by atoms with Gasteiger partial charge in [-0.15, -0.1) is 11.3 Å². The Kier molecular flexibility index (Phi) is 4.67. The first kappa shape index (κ1) is 17.3. The summed E-state index contributed by atoms with van der Waals surface area (Å²) in [6.07, 6.45) is 0. The minimum atomic E-state index is -3.93. The molecule has 0 aliphatic carbocycles. The molecule has 3 N–H and O–H groups in total. The Morgan fingerprint density at radius 1 is 1.12 bits per heavy atom. The Hall–Kier alpha value is -2.55. The lowest BCUT2D eigenvalue weighted by Crippen LogP contribution is -2.06. The van der Waals surface area contributed by atoms with E-state index in [1.807, 2.05) is 6.07 Å². The fraction of sp³-hybridized carbons (Fsp3) is 0.0588. The number of carboxylic acids is 1. The lowest BCUT2D eigenvalue weighted by Gasteiger charge is -2.08. The van der Waals surface area contributed by atoms with Crippen LogP contribution in [0, 0.1) is 0 Å². The molecule has 0 fully saturated rings. The average molecular weight is 374 g/mol. The van der Waals surface area contributed by atoms with Gasteiger partial charge in [-0.05, 0) is 29.3 Å². The smallest absolute Gasteiger partial charge is 0.335 e. The fourth-order valence-electron chi connectivity index (χ4n) is 2.31. The zero-order chi connectivity index (χ0) is 18.0. The molecule has 0 aliphatic heterocycles. The number of aromatic nitrogens is 1. The second-order valence-corrected chi connectivity index (χ2v) is 8.04. The SMILES string of the molecule is NCc1nc(S(=O)(=O)c2cc(C(=O)O)cc(-c3ccccc3)c2)cs1. The number of sulfone groups is 1. The van der Waals surface area contributed by atoms with Crippen LogP contribution in [0.5, 0.6) is 0 Å². The van der Waals surface area contributed by atoms with Crippen molar-refractivity contribution in [2.75, 3.05) is 0 Å². The van der Waals surface area contributed by atoms with Gasteiger partial charge in [0.15, 0.2) is 5.03 Å². The molecular formula is C17H14N2O4S2. The summed E-state index contributed by atoms with van der Waals surface area (Å²) in [6, 6.07) is 13.0. The third-order valence-electron chi connectivity index (χ3n) is 3.55. The molecule has 3 rings (SSSR count). The van der Waals surface area contributed by atoms with Gasteiger partial charge in [-0.3, -0.25) is 0 Å². The molecule has 0 saturated heterocycles. The van der Waals surface area contributed by atoms with E-state index in [0.29, 0.717) is 10.6 Å². The van der Waals surface area contributed by atoms with Crippen LogP contribution in [-0.4, -0.2) is 24.5 Å². The third kappa shape index (κ3) is 3.46. The van der Waals surface area contributed by atoms with E-state index in [1.165, 1.54) is 17.5 Å². The zero-order valence-corrected chi connectivity index (χ0v) is 14.5. The molecule has 8 heteroatoms. The van der Waals surface area contributed by atoms with Crippen LogP contribution in [-0.2, 0) is 16.4 Å². The molecule has 2 aromatic carbocycles. The molecule has 0 radical (unpaired) electrons. The van der Waals surface area contributed by atoms with Gasteiger partial charge >= 0.3 is 5.97 Å². The highest BCUT2D eigenvalue weighted by atomic mass is 32.2. The number of benzene rings is 2. The number of carboxylic acid groups (broad SMARTS) is 1. The molecule has 1 aromatic heterocycles. The van der Waals surface area contributed by atoms with Crippen molar-refractivity contribution >= 4 is 27.1 Å². The maximum atomic E-state index is 12.8. The van der Waals surface area contributed by atoms with Crippen LogP contribution in [0.1, 0.15) is 15.4 Å². The Labute approximate surface area is 148 Å². The first-order valence-corrected chi connectivity index (χ1v) is 9.61. The van der Waals surface area contributed by atoms with Gasteiger partial charge < -0.3 is 10.8 Å². The van der Waals surface area contributed by atoms with Gasteiger partial charge in [0.1, 0.15) is 5.01 Å². The summed E-state index contributed by atoms with van der Waals surface area (Å²) in [5, 5.41) is 11.1. The second-order valence-electron chi connectivity index (χ2n) is 5.20. The highest BCUT2D eigenvalue weighted by Crippen LogP contribution is 2.29. The van der Waals surface area contributed by atoms with E-state index in [4.69, 9.17) is 5.73 Å². The molecule has 0 aliphatic rings. The molecule has 0 amide bonds. The van der Waals surface area contributed by atoms with Gasteiger partial charge in [0.05, 0.1) is 10.5 Å². The quantitative estimate of drug-likeness (QED) is 0.710. The lowest BCUT2D eigenvalue weighted by atomic mass is 10.0. The molecule has 0 bridgehead atoms.